The Kier molecular flexibility index (Phi) is 6.82. The number of hydrogen-bond donors (Lipinski definition) is 2. The van der Waals surface area contributed by atoms with Gasteiger partial charge in [0.2, 0.25) is 5.95 Å². The summed E-state index contributed by atoms with van der Waals surface area (Å²) in [6.45, 7) is 2.58. The number of carbonyl (C=O) groups excluding carboxylic acids is 1. The summed E-state index contributed by atoms with van der Waals surface area (Å²) < 4.78 is 29.9. The quantitative estimate of drug-likeness (QED) is 0.267. The van der Waals surface area contributed by atoms with Gasteiger partial charge in [0.15, 0.2) is 5.78 Å². The van der Waals surface area contributed by atoms with Crippen molar-refractivity contribution in [1.29, 1.82) is 0 Å². The van der Waals surface area contributed by atoms with Crippen LogP contribution < -0.4 is 21.0 Å². The molecule has 0 bridgehead atoms. The number of rotatable bonds is 7. The molecule has 2 aromatic heterocycles. The lowest BCUT2D eigenvalue weighted by atomic mass is 10.0. The number of aromatic nitrogens is 2. The maximum Gasteiger partial charge on any atom is 0.349 e. The molecular formula is C27H25FN4O5. The third kappa shape index (κ3) is 5.14. The number of hydrogen-bond acceptors (Lipinski definition) is 9. The molecule has 0 aliphatic carbocycles. The van der Waals surface area contributed by atoms with E-state index in [2.05, 4.69) is 20.6 Å². The number of ether oxygens (including phenoxy) is 2. The fourth-order valence-electron chi connectivity index (χ4n) is 4.37. The molecule has 1 fully saturated rings. The van der Waals surface area contributed by atoms with Gasteiger partial charge >= 0.3 is 5.63 Å². The Hall–Kier alpha value is -4.31. The van der Waals surface area contributed by atoms with E-state index in [0.717, 1.165) is 12.8 Å². The average Bonchev–Trinajstić information content (AvgIpc) is 2.89. The summed E-state index contributed by atoms with van der Waals surface area (Å²) in [4.78, 5) is 33.9. The van der Waals surface area contributed by atoms with Crippen LogP contribution >= 0.6 is 0 Å². The van der Waals surface area contributed by atoms with Gasteiger partial charge in [0.25, 0.3) is 0 Å². The highest BCUT2D eigenvalue weighted by Crippen LogP contribution is 2.32. The molecule has 0 unspecified atom stereocenters. The second kappa shape index (κ2) is 10.4. The monoisotopic (exact) mass is 504 g/mol. The Balaban J connectivity index is 1.49. The normalized spacial score (nSPS) is 13.9. The lowest BCUT2D eigenvalue weighted by Gasteiger charge is -2.25. The first kappa shape index (κ1) is 24.4. The van der Waals surface area contributed by atoms with Gasteiger partial charge in [0.1, 0.15) is 22.7 Å². The van der Waals surface area contributed by atoms with Crippen LogP contribution in [-0.4, -0.2) is 42.1 Å². The van der Waals surface area contributed by atoms with Crippen molar-refractivity contribution in [3.8, 4) is 17.0 Å². The van der Waals surface area contributed by atoms with E-state index in [-0.39, 0.29) is 23.3 Å². The van der Waals surface area contributed by atoms with Crippen molar-refractivity contribution in [3.63, 3.8) is 0 Å². The second-order valence-corrected chi connectivity index (χ2v) is 8.67. The predicted octanol–water partition coefficient (Wildman–Crippen LogP) is 4.93. The SMILES string of the molecule is COc1cc(F)ccc1-c1ccnc(Nc2ccc3c(NC4CCOCC4)c(C(C)=O)c(=O)oc3c2)n1. The molecule has 1 aliphatic rings. The molecule has 10 heteroatoms. The van der Waals surface area contributed by atoms with Crippen LogP contribution in [0.3, 0.4) is 0 Å². The van der Waals surface area contributed by atoms with Crippen molar-refractivity contribution in [2.24, 2.45) is 0 Å². The van der Waals surface area contributed by atoms with E-state index < -0.39 is 11.4 Å². The maximum absolute atomic E-state index is 13.6. The van der Waals surface area contributed by atoms with Crippen LogP contribution in [0.5, 0.6) is 5.75 Å². The van der Waals surface area contributed by atoms with Crippen LogP contribution in [0.2, 0.25) is 0 Å². The van der Waals surface area contributed by atoms with E-state index in [0.29, 0.717) is 52.6 Å². The van der Waals surface area contributed by atoms with Crippen molar-refractivity contribution < 1.29 is 23.1 Å². The molecule has 0 saturated carbocycles. The summed E-state index contributed by atoms with van der Waals surface area (Å²) in [7, 11) is 1.46. The van der Waals surface area contributed by atoms with Crippen molar-refractivity contribution in [1.82, 2.24) is 9.97 Å². The van der Waals surface area contributed by atoms with E-state index >= 15 is 0 Å². The molecule has 37 heavy (non-hydrogen) atoms. The lowest BCUT2D eigenvalue weighted by Crippen LogP contribution is -2.29. The van der Waals surface area contributed by atoms with Crippen LogP contribution in [0.1, 0.15) is 30.1 Å². The van der Waals surface area contributed by atoms with Crippen LogP contribution in [0, 0.1) is 5.82 Å². The molecule has 0 atom stereocenters. The van der Waals surface area contributed by atoms with Gasteiger partial charge in [0.05, 0.1) is 18.5 Å². The van der Waals surface area contributed by atoms with Crippen LogP contribution in [0.25, 0.3) is 22.2 Å². The standard InChI is InChI=1S/C27H25FN4O5/c1-15(33)24-25(30-17-8-11-36-12-9-17)20-6-4-18(14-23(20)37-26(24)34)31-27-29-10-7-21(32-27)19-5-3-16(28)13-22(19)35-2/h3-7,10,13-14,17,30H,8-9,11-12H2,1-2H3,(H,29,31,32). The molecule has 3 heterocycles. The lowest BCUT2D eigenvalue weighted by molar-refractivity contribution is 0.0904. The molecule has 9 nitrogen and oxygen atoms in total. The first-order valence-corrected chi connectivity index (χ1v) is 11.8. The minimum atomic E-state index is -0.701. The largest absolute Gasteiger partial charge is 0.496 e. The van der Waals surface area contributed by atoms with Crippen LogP contribution in [0.15, 0.2) is 57.9 Å². The molecular weight excluding hydrogens is 479 g/mol. The number of nitrogens with one attached hydrogen (secondary N) is 2. The molecule has 2 N–H and O–H groups in total. The zero-order valence-electron chi connectivity index (χ0n) is 20.3. The molecule has 1 saturated heterocycles. The summed E-state index contributed by atoms with van der Waals surface area (Å²) in [5.41, 5.74) is 1.81. The number of methoxy groups -OCH3 is 1. The fraction of sp³-hybridized carbons (Fsp3) is 0.259. The zero-order valence-corrected chi connectivity index (χ0v) is 20.3. The molecule has 0 amide bonds. The molecule has 4 aromatic rings. The zero-order chi connectivity index (χ0) is 25.9. The van der Waals surface area contributed by atoms with Crippen LogP contribution in [-0.2, 0) is 4.74 Å². The fourth-order valence-corrected chi connectivity index (χ4v) is 4.37. The van der Waals surface area contributed by atoms with Crippen molar-refractivity contribution in [3.05, 3.63) is 70.5 Å². The molecule has 190 valence electrons. The predicted molar refractivity (Wildman–Crippen MR) is 137 cm³/mol. The van der Waals surface area contributed by atoms with E-state index in [1.807, 2.05) is 0 Å². The Morgan fingerprint density at radius 3 is 2.70 bits per heavy atom. The molecule has 5 rings (SSSR count). The van der Waals surface area contributed by atoms with Gasteiger partial charge in [-0.1, -0.05) is 0 Å². The number of ketones is 1. The summed E-state index contributed by atoms with van der Waals surface area (Å²) >= 11 is 0. The van der Waals surface area contributed by atoms with E-state index in [1.54, 1.807) is 36.5 Å². The summed E-state index contributed by atoms with van der Waals surface area (Å²) in [5.74, 6) is -0.146. The number of anilines is 3. The number of carbonyl (C=O) groups is 1. The Labute approximate surface area is 211 Å². The minimum absolute atomic E-state index is 0.00369. The Morgan fingerprint density at radius 1 is 1.14 bits per heavy atom. The third-order valence-electron chi connectivity index (χ3n) is 6.18. The van der Waals surface area contributed by atoms with Gasteiger partial charge in [-0.25, -0.2) is 19.2 Å². The van der Waals surface area contributed by atoms with Crippen molar-refractivity contribution in [2.75, 3.05) is 31.0 Å². The van der Waals surface area contributed by atoms with Gasteiger partial charge < -0.3 is 24.5 Å². The Bertz CT molecular complexity index is 1530. The number of halogens is 1. The smallest absolute Gasteiger partial charge is 0.349 e. The van der Waals surface area contributed by atoms with Gasteiger partial charge in [-0.05, 0) is 50.1 Å². The van der Waals surface area contributed by atoms with Crippen molar-refractivity contribution in [2.45, 2.75) is 25.8 Å². The van der Waals surface area contributed by atoms with E-state index in [9.17, 15) is 14.0 Å². The van der Waals surface area contributed by atoms with E-state index in [4.69, 9.17) is 13.9 Å². The summed E-state index contributed by atoms with van der Waals surface area (Å²) in [5, 5.41) is 7.11. The minimum Gasteiger partial charge on any atom is -0.496 e. The second-order valence-electron chi connectivity index (χ2n) is 8.67. The molecule has 0 radical (unpaired) electrons. The van der Waals surface area contributed by atoms with Gasteiger partial charge in [-0.2, -0.15) is 0 Å². The van der Waals surface area contributed by atoms with Gasteiger partial charge in [-0.3, -0.25) is 4.79 Å². The van der Waals surface area contributed by atoms with Crippen LogP contribution in [0.4, 0.5) is 21.7 Å². The van der Waals surface area contributed by atoms with Gasteiger partial charge in [-0.15, -0.1) is 0 Å². The number of fused-ring (bicyclic) bond motifs is 1. The number of Topliss-reactive ketones (excluding diaryl/α,β-unsaturated/α-hetero) is 1. The first-order valence-electron chi connectivity index (χ1n) is 11.8. The maximum atomic E-state index is 13.6. The highest BCUT2D eigenvalue weighted by Gasteiger charge is 2.22. The molecule has 2 aromatic carbocycles. The number of nitrogens with zero attached hydrogens (tertiary/aromatic N) is 2. The number of benzene rings is 2. The first-order chi connectivity index (χ1) is 17.9. The summed E-state index contributed by atoms with van der Waals surface area (Å²) in [6.07, 6.45) is 3.11. The van der Waals surface area contributed by atoms with E-state index in [1.165, 1.54) is 26.2 Å². The average molecular weight is 505 g/mol. The molecule has 1 aliphatic heterocycles. The summed E-state index contributed by atoms with van der Waals surface area (Å²) in [6, 6.07) is 11.2. The topological polar surface area (TPSA) is 116 Å². The highest BCUT2D eigenvalue weighted by atomic mass is 19.1. The molecule has 0 spiro atoms. The third-order valence-corrected chi connectivity index (χ3v) is 6.18. The van der Waals surface area contributed by atoms with Crippen molar-refractivity contribution >= 4 is 34.1 Å². The Morgan fingerprint density at radius 2 is 1.95 bits per heavy atom. The highest BCUT2D eigenvalue weighted by molar-refractivity contribution is 6.06. The van der Waals surface area contributed by atoms with Gasteiger partial charge in [0, 0.05) is 54.2 Å².